The molecule has 0 atom stereocenters. The van der Waals surface area contributed by atoms with Gasteiger partial charge in [-0.2, -0.15) is 0 Å². The van der Waals surface area contributed by atoms with Gasteiger partial charge in [0.15, 0.2) is 5.11 Å². The Bertz CT molecular complexity index is 503. The van der Waals surface area contributed by atoms with Crippen molar-refractivity contribution >= 4 is 34.1 Å². The highest BCUT2D eigenvalue weighted by molar-refractivity contribution is 7.80. The van der Waals surface area contributed by atoms with E-state index in [4.69, 9.17) is 18.0 Å². The molecule has 4 nitrogen and oxygen atoms in total. The van der Waals surface area contributed by atoms with E-state index >= 15 is 0 Å². The van der Waals surface area contributed by atoms with Gasteiger partial charge in [-0.1, -0.05) is 0 Å². The molecule has 0 bridgehead atoms. The molecule has 0 unspecified atom stereocenters. The molecule has 3 N–H and O–H groups in total. The number of aromatic nitrogens is 2. The third kappa shape index (κ3) is 1.92. The van der Waals surface area contributed by atoms with Crippen molar-refractivity contribution in [2.75, 3.05) is 5.32 Å². The second kappa shape index (κ2) is 3.86. The van der Waals surface area contributed by atoms with E-state index in [1.54, 1.807) is 0 Å². The van der Waals surface area contributed by atoms with Crippen molar-refractivity contribution in [3.05, 3.63) is 24.5 Å². The van der Waals surface area contributed by atoms with E-state index in [2.05, 4.69) is 21.8 Å². The van der Waals surface area contributed by atoms with Gasteiger partial charge in [-0.25, -0.2) is 4.98 Å². The Morgan fingerprint density at radius 1 is 1.60 bits per heavy atom. The summed E-state index contributed by atoms with van der Waals surface area (Å²) in [6, 6.07) is 5.88. The monoisotopic (exact) mass is 220 g/mol. The first-order valence-electron chi connectivity index (χ1n) is 4.72. The number of fused-ring (bicyclic) bond motifs is 1. The molecule has 0 spiro atoms. The minimum Gasteiger partial charge on any atom is -0.376 e. The standard InChI is InChI=1S/C10H12N4S/c1-2-14-6-12-8-5-7(13-10(11)15)3-4-9(8)14/h3-6H,2H2,1H3,(H3,11,13,15). The van der Waals surface area contributed by atoms with Crippen molar-refractivity contribution < 1.29 is 0 Å². The molecule has 2 aromatic rings. The molecule has 0 aliphatic rings. The highest BCUT2D eigenvalue weighted by atomic mass is 32.1. The fourth-order valence-corrected chi connectivity index (χ4v) is 1.65. The third-order valence-corrected chi connectivity index (χ3v) is 2.33. The lowest BCUT2D eigenvalue weighted by atomic mass is 10.2. The van der Waals surface area contributed by atoms with Gasteiger partial charge < -0.3 is 15.6 Å². The zero-order chi connectivity index (χ0) is 10.8. The van der Waals surface area contributed by atoms with Crippen LogP contribution in [0.15, 0.2) is 24.5 Å². The van der Waals surface area contributed by atoms with Gasteiger partial charge in [0, 0.05) is 12.2 Å². The number of hydrogen-bond donors (Lipinski definition) is 2. The second-order valence-corrected chi connectivity index (χ2v) is 3.66. The Labute approximate surface area is 93.1 Å². The maximum absolute atomic E-state index is 5.39. The second-order valence-electron chi connectivity index (χ2n) is 3.22. The molecule has 0 saturated carbocycles. The lowest BCUT2D eigenvalue weighted by Crippen LogP contribution is -2.18. The van der Waals surface area contributed by atoms with Gasteiger partial charge in [-0.3, -0.25) is 0 Å². The number of benzene rings is 1. The Morgan fingerprint density at radius 3 is 3.07 bits per heavy atom. The summed E-state index contributed by atoms with van der Waals surface area (Å²) in [4.78, 5) is 4.30. The van der Waals surface area contributed by atoms with E-state index in [1.165, 1.54) is 0 Å². The van der Waals surface area contributed by atoms with E-state index in [1.807, 2.05) is 24.5 Å². The number of nitrogens with zero attached hydrogens (tertiary/aromatic N) is 2. The number of rotatable bonds is 2. The average molecular weight is 220 g/mol. The van der Waals surface area contributed by atoms with Gasteiger partial charge >= 0.3 is 0 Å². The first-order valence-corrected chi connectivity index (χ1v) is 5.13. The minimum absolute atomic E-state index is 0.268. The van der Waals surface area contributed by atoms with Crippen LogP contribution < -0.4 is 11.1 Å². The van der Waals surface area contributed by atoms with E-state index in [-0.39, 0.29) is 5.11 Å². The third-order valence-electron chi connectivity index (χ3n) is 2.23. The van der Waals surface area contributed by atoms with Crippen LogP contribution in [0.2, 0.25) is 0 Å². The maximum Gasteiger partial charge on any atom is 0.168 e. The average Bonchev–Trinajstić information content (AvgIpc) is 2.58. The number of nitrogens with one attached hydrogen (secondary N) is 1. The van der Waals surface area contributed by atoms with Crippen molar-refractivity contribution in [1.82, 2.24) is 9.55 Å². The number of imidazole rings is 1. The minimum atomic E-state index is 0.268. The molecule has 0 radical (unpaired) electrons. The first kappa shape index (κ1) is 9.92. The molecule has 0 aliphatic carbocycles. The van der Waals surface area contributed by atoms with E-state index in [0.717, 1.165) is 23.3 Å². The molecule has 0 saturated heterocycles. The maximum atomic E-state index is 5.39. The fraction of sp³-hybridized carbons (Fsp3) is 0.200. The van der Waals surface area contributed by atoms with Crippen LogP contribution in [0.4, 0.5) is 5.69 Å². The van der Waals surface area contributed by atoms with Crippen LogP contribution in [0.3, 0.4) is 0 Å². The molecule has 1 aromatic carbocycles. The molecule has 0 fully saturated rings. The van der Waals surface area contributed by atoms with Gasteiger partial charge in [-0.15, -0.1) is 0 Å². The van der Waals surface area contributed by atoms with Gasteiger partial charge in [0.05, 0.1) is 17.4 Å². The summed E-state index contributed by atoms with van der Waals surface area (Å²) >= 11 is 4.77. The molecular formula is C10H12N4S. The van der Waals surface area contributed by atoms with Crippen molar-refractivity contribution in [2.24, 2.45) is 5.73 Å². The van der Waals surface area contributed by atoms with Crippen LogP contribution in [0.5, 0.6) is 0 Å². The molecular weight excluding hydrogens is 208 g/mol. The van der Waals surface area contributed by atoms with E-state index in [0.29, 0.717) is 0 Å². The van der Waals surface area contributed by atoms with Gasteiger partial charge in [0.2, 0.25) is 0 Å². The Morgan fingerprint density at radius 2 is 2.40 bits per heavy atom. The smallest absolute Gasteiger partial charge is 0.168 e. The summed E-state index contributed by atoms with van der Waals surface area (Å²) in [6.45, 7) is 3.00. The molecule has 78 valence electrons. The topological polar surface area (TPSA) is 55.9 Å². The normalized spacial score (nSPS) is 10.5. The SMILES string of the molecule is CCn1cnc2cc(NC(N)=S)ccc21. The summed E-state index contributed by atoms with van der Waals surface area (Å²) in [5, 5.41) is 3.15. The zero-order valence-corrected chi connectivity index (χ0v) is 9.21. The number of hydrogen-bond acceptors (Lipinski definition) is 2. The van der Waals surface area contributed by atoms with Crippen LogP contribution in [-0.2, 0) is 6.54 Å². The lowest BCUT2D eigenvalue weighted by Gasteiger charge is -2.03. The molecule has 15 heavy (non-hydrogen) atoms. The van der Waals surface area contributed by atoms with Crippen molar-refractivity contribution in [1.29, 1.82) is 0 Å². The molecule has 0 amide bonds. The summed E-state index contributed by atoms with van der Waals surface area (Å²) in [5.74, 6) is 0. The Balaban J connectivity index is 2.44. The number of aryl methyl sites for hydroxylation is 1. The van der Waals surface area contributed by atoms with Crippen molar-refractivity contribution in [3.63, 3.8) is 0 Å². The number of anilines is 1. The quantitative estimate of drug-likeness (QED) is 0.756. The first-order chi connectivity index (χ1) is 7.20. The van der Waals surface area contributed by atoms with E-state index in [9.17, 15) is 0 Å². The zero-order valence-electron chi connectivity index (χ0n) is 8.40. The largest absolute Gasteiger partial charge is 0.376 e. The molecule has 1 aromatic heterocycles. The molecule has 5 heteroatoms. The summed E-state index contributed by atoms with van der Waals surface area (Å²) in [6.07, 6.45) is 1.83. The Kier molecular flexibility index (Phi) is 2.55. The van der Waals surface area contributed by atoms with Gasteiger partial charge in [0.25, 0.3) is 0 Å². The van der Waals surface area contributed by atoms with Crippen LogP contribution >= 0.6 is 12.2 Å². The van der Waals surface area contributed by atoms with Crippen LogP contribution in [0.25, 0.3) is 11.0 Å². The number of nitrogens with two attached hydrogens (primary N) is 1. The predicted octanol–water partition coefficient (Wildman–Crippen LogP) is 1.71. The van der Waals surface area contributed by atoms with Gasteiger partial charge in [-0.05, 0) is 37.3 Å². The van der Waals surface area contributed by atoms with Crippen LogP contribution in [0, 0.1) is 0 Å². The Hall–Kier alpha value is -1.62. The summed E-state index contributed by atoms with van der Waals surface area (Å²) in [7, 11) is 0. The highest BCUT2D eigenvalue weighted by Gasteiger charge is 2.02. The summed E-state index contributed by atoms with van der Waals surface area (Å²) < 4.78 is 2.08. The highest BCUT2D eigenvalue weighted by Crippen LogP contribution is 2.17. The van der Waals surface area contributed by atoms with Crippen LogP contribution in [0.1, 0.15) is 6.92 Å². The predicted molar refractivity (Wildman–Crippen MR) is 65.8 cm³/mol. The summed E-state index contributed by atoms with van der Waals surface area (Å²) in [5.41, 5.74) is 8.33. The number of thiocarbonyl (C=S) groups is 1. The fourth-order valence-electron chi connectivity index (χ4n) is 1.54. The van der Waals surface area contributed by atoms with Crippen molar-refractivity contribution in [3.8, 4) is 0 Å². The van der Waals surface area contributed by atoms with Gasteiger partial charge in [0.1, 0.15) is 0 Å². The van der Waals surface area contributed by atoms with E-state index < -0.39 is 0 Å². The lowest BCUT2D eigenvalue weighted by molar-refractivity contribution is 0.787. The van der Waals surface area contributed by atoms with Crippen molar-refractivity contribution in [2.45, 2.75) is 13.5 Å². The van der Waals surface area contributed by atoms with Crippen LogP contribution in [-0.4, -0.2) is 14.7 Å². The molecule has 2 rings (SSSR count). The molecule has 1 heterocycles. The molecule has 0 aliphatic heterocycles.